The van der Waals surface area contributed by atoms with Crippen LogP contribution >= 0.6 is 0 Å². The number of carbonyl (C=O) groups excluding carboxylic acids is 1. The van der Waals surface area contributed by atoms with Crippen molar-refractivity contribution in [1.82, 2.24) is 4.90 Å². The monoisotopic (exact) mass is 329 g/mol. The zero-order valence-electron chi connectivity index (χ0n) is 14.8. The van der Waals surface area contributed by atoms with Crippen LogP contribution < -0.4 is 9.47 Å². The molecule has 0 aromatic heterocycles. The summed E-state index contributed by atoms with van der Waals surface area (Å²) < 4.78 is 11.8. The molecule has 24 heavy (non-hydrogen) atoms. The molecule has 1 amide bonds. The number of rotatable bonds is 3. The summed E-state index contributed by atoms with van der Waals surface area (Å²) in [6, 6.07) is 2.19. The molecule has 4 nitrogen and oxygen atoms in total. The van der Waals surface area contributed by atoms with E-state index in [1.165, 1.54) is 16.7 Å². The third-order valence-corrected chi connectivity index (χ3v) is 5.53. The van der Waals surface area contributed by atoms with E-state index in [1.54, 1.807) is 0 Å². The first kappa shape index (κ1) is 15.8. The number of amides is 1. The van der Waals surface area contributed by atoms with Crippen molar-refractivity contribution in [2.75, 3.05) is 26.3 Å². The van der Waals surface area contributed by atoms with E-state index >= 15 is 0 Å². The molecule has 1 aromatic rings. The minimum absolute atomic E-state index is 0.312. The van der Waals surface area contributed by atoms with E-state index in [0.29, 0.717) is 24.2 Å². The fraction of sp³-hybridized carbons (Fsp3) is 0.650. The van der Waals surface area contributed by atoms with Gasteiger partial charge in [-0.2, -0.15) is 0 Å². The first-order valence-corrected chi connectivity index (χ1v) is 9.35. The minimum atomic E-state index is 0.312. The molecule has 0 saturated carbocycles. The standard InChI is InChI=1S/C20H27NO3/c1-13(2)11-18(22)21-7-3-14(4-8-21)19-16-6-10-23-17(16)12-15-5-9-24-20(15)19/h12-14H,3-11H2,1-2H3. The molecule has 0 N–H and O–H groups in total. The highest BCUT2D eigenvalue weighted by Gasteiger charge is 2.33. The Balaban J connectivity index is 1.54. The van der Waals surface area contributed by atoms with Gasteiger partial charge in [0.15, 0.2) is 0 Å². The van der Waals surface area contributed by atoms with Gasteiger partial charge in [0.1, 0.15) is 11.5 Å². The van der Waals surface area contributed by atoms with Gasteiger partial charge in [-0.1, -0.05) is 13.8 Å². The van der Waals surface area contributed by atoms with Gasteiger partial charge in [0.05, 0.1) is 13.2 Å². The molecule has 3 heterocycles. The molecule has 1 aromatic carbocycles. The van der Waals surface area contributed by atoms with E-state index in [1.807, 2.05) is 0 Å². The molecule has 3 aliphatic rings. The predicted octanol–water partition coefficient (Wildman–Crippen LogP) is 3.31. The van der Waals surface area contributed by atoms with E-state index in [2.05, 4.69) is 24.8 Å². The molecule has 0 aliphatic carbocycles. The molecule has 0 unspecified atom stereocenters. The van der Waals surface area contributed by atoms with Crippen molar-refractivity contribution in [1.29, 1.82) is 0 Å². The molecule has 1 saturated heterocycles. The molecule has 1 fully saturated rings. The van der Waals surface area contributed by atoms with Crippen molar-refractivity contribution in [3.05, 3.63) is 22.8 Å². The van der Waals surface area contributed by atoms with Gasteiger partial charge in [0.2, 0.25) is 5.91 Å². The average molecular weight is 329 g/mol. The lowest BCUT2D eigenvalue weighted by molar-refractivity contribution is -0.133. The predicted molar refractivity (Wildman–Crippen MR) is 92.9 cm³/mol. The van der Waals surface area contributed by atoms with Crippen LogP contribution in [0.4, 0.5) is 0 Å². The topological polar surface area (TPSA) is 38.8 Å². The SMILES string of the molecule is CC(C)CC(=O)N1CCC(c2c3c(cc4c2OCC4)OCC3)CC1. The van der Waals surface area contributed by atoms with Gasteiger partial charge in [-0.25, -0.2) is 0 Å². The summed E-state index contributed by atoms with van der Waals surface area (Å²) >= 11 is 0. The summed E-state index contributed by atoms with van der Waals surface area (Å²) in [4.78, 5) is 14.4. The van der Waals surface area contributed by atoms with Crippen LogP contribution in [-0.2, 0) is 17.6 Å². The van der Waals surface area contributed by atoms with Crippen LogP contribution in [0.1, 0.15) is 55.7 Å². The number of hydrogen-bond acceptors (Lipinski definition) is 3. The van der Waals surface area contributed by atoms with Crippen LogP contribution in [0, 0.1) is 5.92 Å². The van der Waals surface area contributed by atoms with Gasteiger partial charge >= 0.3 is 0 Å². The van der Waals surface area contributed by atoms with Crippen LogP contribution in [0.2, 0.25) is 0 Å². The third-order valence-electron chi connectivity index (χ3n) is 5.53. The largest absolute Gasteiger partial charge is 0.493 e. The molecule has 0 atom stereocenters. The highest BCUT2D eigenvalue weighted by Crippen LogP contribution is 2.46. The van der Waals surface area contributed by atoms with Crippen LogP contribution in [0.5, 0.6) is 11.5 Å². The molecule has 4 heteroatoms. The number of hydrogen-bond donors (Lipinski definition) is 0. The zero-order valence-corrected chi connectivity index (χ0v) is 14.8. The summed E-state index contributed by atoms with van der Waals surface area (Å²) in [5.74, 6) is 3.45. The Morgan fingerprint density at radius 1 is 1.21 bits per heavy atom. The molecule has 0 bridgehead atoms. The summed E-state index contributed by atoms with van der Waals surface area (Å²) in [6.45, 7) is 7.54. The Hall–Kier alpha value is -1.71. The lowest BCUT2D eigenvalue weighted by Gasteiger charge is -2.34. The maximum absolute atomic E-state index is 12.3. The number of likely N-dealkylation sites (tertiary alicyclic amines) is 1. The second-order valence-corrected chi connectivity index (χ2v) is 7.71. The van der Waals surface area contributed by atoms with E-state index < -0.39 is 0 Å². The van der Waals surface area contributed by atoms with Crippen LogP contribution in [0.15, 0.2) is 6.07 Å². The van der Waals surface area contributed by atoms with Crippen molar-refractivity contribution in [3.63, 3.8) is 0 Å². The van der Waals surface area contributed by atoms with Gasteiger partial charge in [0, 0.05) is 49.0 Å². The molecule has 130 valence electrons. The third kappa shape index (κ3) is 2.76. The highest BCUT2D eigenvalue weighted by atomic mass is 16.5. The Bertz CT molecular complexity index is 613. The number of carbonyl (C=O) groups is 1. The fourth-order valence-electron chi connectivity index (χ4n) is 4.35. The van der Waals surface area contributed by atoms with E-state index in [4.69, 9.17) is 9.47 Å². The van der Waals surface area contributed by atoms with Gasteiger partial charge in [0.25, 0.3) is 0 Å². The summed E-state index contributed by atoms with van der Waals surface area (Å²) in [6.07, 6.45) is 4.72. The molecule has 4 rings (SSSR count). The van der Waals surface area contributed by atoms with Crippen molar-refractivity contribution in [3.8, 4) is 11.5 Å². The van der Waals surface area contributed by atoms with E-state index in [9.17, 15) is 4.79 Å². The Morgan fingerprint density at radius 2 is 1.96 bits per heavy atom. The van der Waals surface area contributed by atoms with Crippen molar-refractivity contribution < 1.29 is 14.3 Å². The van der Waals surface area contributed by atoms with E-state index in [0.717, 1.165) is 63.5 Å². The second-order valence-electron chi connectivity index (χ2n) is 7.71. The number of ether oxygens (including phenoxy) is 2. The fourth-order valence-corrected chi connectivity index (χ4v) is 4.35. The summed E-state index contributed by atoms with van der Waals surface area (Å²) in [5, 5.41) is 0. The van der Waals surface area contributed by atoms with Crippen LogP contribution in [-0.4, -0.2) is 37.1 Å². The molecular weight excluding hydrogens is 302 g/mol. The number of benzene rings is 1. The van der Waals surface area contributed by atoms with Crippen molar-refractivity contribution >= 4 is 5.91 Å². The quantitative estimate of drug-likeness (QED) is 0.854. The highest BCUT2D eigenvalue weighted by molar-refractivity contribution is 5.76. The normalized spacial score (nSPS) is 19.9. The van der Waals surface area contributed by atoms with Gasteiger partial charge in [-0.3, -0.25) is 4.79 Å². The summed E-state index contributed by atoms with van der Waals surface area (Å²) in [5.41, 5.74) is 4.07. The average Bonchev–Trinajstić information content (AvgIpc) is 3.20. The Kier molecular flexibility index (Phi) is 4.15. The van der Waals surface area contributed by atoms with Crippen molar-refractivity contribution in [2.45, 2.75) is 51.9 Å². The molecule has 0 spiro atoms. The smallest absolute Gasteiger partial charge is 0.222 e. The van der Waals surface area contributed by atoms with Crippen LogP contribution in [0.3, 0.4) is 0 Å². The van der Waals surface area contributed by atoms with Gasteiger partial charge in [-0.15, -0.1) is 0 Å². The maximum Gasteiger partial charge on any atom is 0.222 e. The Labute approximate surface area is 144 Å². The second kappa shape index (κ2) is 6.30. The lowest BCUT2D eigenvalue weighted by Crippen LogP contribution is -2.38. The zero-order chi connectivity index (χ0) is 16.7. The van der Waals surface area contributed by atoms with Crippen LogP contribution in [0.25, 0.3) is 0 Å². The van der Waals surface area contributed by atoms with E-state index in [-0.39, 0.29) is 0 Å². The molecule has 0 radical (unpaired) electrons. The maximum atomic E-state index is 12.3. The molecular formula is C20H27NO3. The lowest BCUT2D eigenvalue weighted by atomic mass is 9.83. The first-order chi connectivity index (χ1) is 11.6. The Morgan fingerprint density at radius 3 is 2.71 bits per heavy atom. The van der Waals surface area contributed by atoms with Gasteiger partial charge in [-0.05, 0) is 30.7 Å². The van der Waals surface area contributed by atoms with Crippen molar-refractivity contribution in [2.24, 2.45) is 5.92 Å². The van der Waals surface area contributed by atoms with Gasteiger partial charge < -0.3 is 14.4 Å². The number of fused-ring (bicyclic) bond motifs is 2. The summed E-state index contributed by atoms with van der Waals surface area (Å²) in [7, 11) is 0. The number of nitrogens with zero attached hydrogens (tertiary/aromatic N) is 1. The molecule has 3 aliphatic heterocycles. The number of piperidine rings is 1. The first-order valence-electron chi connectivity index (χ1n) is 9.35. The minimum Gasteiger partial charge on any atom is -0.493 e.